The topological polar surface area (TPSA) is 21.3 Å². The lowest BCUT2D eigenvalue weighted by Crippen LogP contribution is -2.08. The predicted octanol–water partition coefficient (Wildman–Crippen LogP) is 4.27. The van der Waals surface area contributed by atoms with Gasteiger partial charge in [0.15, 0.2) is 11.6 Å². The summed E-state index contributed by atoms with van der Waals surface area (Å²) in [4.78, 5) is 0. The lowest BCUT2D eigenvalue weighted by atomic mass is 10.2. The normalized spacial score (nSPS) is 10.6. The molecule has 0 unspecified atom stereocenters. The van der Waals surface area contributed by atoms with E-state index in [0.29, 0.717) is 12.5 Å². The SMILES string of the molecule is CC(C)CNc1ccc(OCc2cc[c]cc2)c(F)c1. The molecule has 0 aliphatic heterocycles. The molecule has 1 N–H and O–H groups in total. The van der Waals surface area contributed by atoms with Gasteiger partial charge >= 0.3 is 0 Å². The third-order valence-electron chi connectivity index (χ3n) is 2.83. The minimum absolute atomic E-state index is 0.271. The minimum atomic E-state index is -0.346. The van der Waals surface area contributed by atoms with Gasteiger partial charge in [0.1, 0.15) is 6.61 Å². The lowest BCUT2D eigenvalue weighted by Gasteiger charge is -2.11. The summed E-state index contributed by atoms with van der Waals surface area (Å²) in [6, 6.07) is 15.3. The van der Waals surface area contributed by atoms with E-state index in [1.54, 1.807) is 6.07 Å². The van der Waals surface area contributed by atoms with Crippen molar-refractivity contribution in [1.29, 1.82) is 0 Å². The highest BCUT2D eigenvalue weighted by Gasteiger charge is 2.05. The maximum atomic E-state index is 13.9. The average molecular weight is 272 g/mol. The molecule has 0 bridgehead atoms. The van der Waals surface area contributed by atoms with Gasteiger partial charge in [-0.05, 0) is 29.7 Å². The van der Waals surface area contributed by atoms with Gasteiger partial charge in [-0.15, -0.1) is 0 Å². The molecule has 0 aliphatic carbocycles. The van der Waals surface area contributed by atoms with Gasteiger partial charge in [0, 0.05) is 18.3 Å². The van der Waals surface area contributed by atoms with Crippen LogP contribution in [0.25, 0.3) is 0 Å². The second kappa shape index (κ2) is 6.94. The Bertz CT molecular complexity index is 540. The van der Waals surface area contributed by atoms with Gasteiger partial charge in [-0.2, -0.15) is 0 Å². The van der Waals surface area contributed by atoms with Crippen LogP contribution in [-0.4, -0.2) is 6.54 Å². The minimum Gasteiger partial charge on any atom is -0.486 e. The summed E-state index contributed by atoms with van der Waals surface area (Å²) in [5.41, 5.74) is 1.77. The molecule has 0 atom stereocenters. The van der Waals surface area contributed by atoms with Crippen LogP contribution in [0.1, 0.15) is 19.4 Å². The summed E-state index contributed by atoms with van der Waals surface area (Å²) in [6.07, 6.45) is 0. The van der Waals surface area contributed by atoms with Crippen LogP contribution in [0.4, 0.5) is 10.1 Å². The number of halogens is 1. The van der Waals surface area contributed by atoms with E-state index >= 15 is 0 Å². The highest BCUT2D eigenvalue weighted by molar-refractivity contribution is 5.47. The predicted molar refractivity (Wildman–Crippen MR) is 79.3 cm³/mol. The zero-order valence-corrected chi connectivity index (χ0v) is 11.8. The lowest BCUT2D eigenvalue weighted by molar-refractivity contribution is 0.290. The van der Waals surface area contributed by atoms with Crippen LogP contribution in [0.2, 0.25) is 0 Å². The Morgan fingerprint density at radius 2 is 1.95 bits per heavy atom. The first-order valence-electron chi connectivity index (χ1n) is 6.76. The second-order valence-electron chi connectivity index (χ2n) is 5.12. The molecule has 0 aromatic heterocycles. The molecule has 2 nitrogen and oxygen atoms in total. The molecule has 3 heteroatoms. The van der Waals surface area contributed by atoms with E-state index in [2.05, 4.69) is 25.2 Å². The number of nitrogens with one attached hydrogen (secondary N) is 1. The van der Waals surface area contributed by atoms with Crippen molar-refractivity contribution in [2.45, 2.75) is 20.5 Å². The third kappa shape index (κ3) is 4.26. The zero-order chi connectivity index (χ0) is 14.4. The molecule has 0 saturated carbocycles. The second-order valence-corrected chi connectivity index (χ2v) is 5.12. The van der Waals surface area contributed by atoms with E-state index in [-0.39, 0.29) is 11.6 Å². The maximum absolute atomic E-state index is 13.9. The fourth-order valence-electron chi connectivity index (χ4n) is 1.73. The van der Waals surface area contributed by atoms with E-state index in [4.69, 9.17) is 4.74 Å². The molecular formula is C17H19FNO. The Hall–Kier alpha value is -2.03. The Balaban J connectivity index is 1.95. The summed E-state index contributed by atoms with van der Waals surface area (Å²) in [6.45, 7) is 5.39. The van der Waals surface area contributed by atoms with Crippen LogP contribution in [0.5, 0.6) is 5.75 Å². The maximum Gasteiger partial charge on any atom is 0.167 e. The largest absolute Gasteiger partial charge is 0.486 e. The van der Waals surface area contributed by atoms with Gasteiger partial charge in [0.05, 0.1) is 0 Å². The Kier molecular flexibility index (Phi) is 4.99. The van der Waals surface area contributed by atoms with Crippen LogP contribution in [-0.2, 0) is 6.61 Å². The van der Waals surface area contributed by atoms with Gasteiger partial charge in [-0.1, -0.05) is 38.1 Å². The van der Waals surface area contributed by atoms with E-state index in [9.17, 15) is 4.39 Å². The van der Waals surface area contributed by atoms with Crippen molar-refractivity contribution in [2.24, 2.45) is 5.92 Å². The molecule has 1 radical (unpaired) electrons. The molecule has 20 heavy (non-hydrogen) atoms. The number of hydrogen-bond acceptors (Lipinski definition) is 2. The first-order valence-corrected chi connectivity index (χ1v) is 6.76. The van der Waals surface area contributed by atoms with Crippen LogP contribution in [0, 0.1) is 17.8 Å². The Morgan fingerprint density at radius 1 is 1.20 bits per heavy atom. The molecule has 0 heterocycles. The quantitative estimate of drug-likeness (QED) is 0.847. The number of rotatable bonds is 6. The average Bonchev–Trinajstić information content (AvgIpc) is 2.45. The molecule has 0 spiro atoms. The van der Waals surface area contributed by atoms with Crippen molar-refractivity contribution in [3.63, 3.8) is 0 Å². The summed E-state index contributed by atoms with van der Waals surface area (Å²) >= 11 is 0. The first-order chi connectivity index (χ1) is 9.65. The van der Waals surface area contributed by atoms with Crippen LogP contribution >= 0.6 is 0 Å². The molecule has 0 amide bonds. The summed E-state index contributed by atoms with van der Waals surface area (Å²) in [5, 5.41) is 3.19. The first kappa shape index (κ1) is 14.4. The van der Waals surface area contributed by atoms with Gasteiger partial charge in [-0.25, -0.2) is 4.39 Å². The van der Waals surface area contributed by atoms with E-state index in [0.717, 1.165) is 17.8 Å². The summed E-state index contributed by atoms with van der Waals surface area (Å²) < 4.78 is 19.4. The molecule has 2 aromatic rings. The third-order valence-corrected chi connectivity index (χ3v) is 2.83. The monoisotopic (exact) mass is 272 g/mol. The fraction of sp³-hybridized carbons (Fsp3) is 0.294. The molecule has 0 aliphatic rings. The van der Waals surface area contributed by atoms with Crippen LogP contribution in [0.15, 0.2) is 42.5 Å². The smallest absolute Gasteiger partial charge is 0.167 e. The Labute approximate surface area is 119 Å². The highest BCUT2D eigenvalue weighted by Crippen LogP contribution is 2.22. The van der Waals surface area contributed by atoms with E-state index in [1.165, 1.54) is 6.07 Å². The van der Waals surface area contributed by atoms with Gasteiger partial charge < -0.3 is 10.1 Å². The summed E-state index contributed by atoms with van der Waals surface area (Å²) in [5.74, 6) is 0.443. The van der Waals surface area contributed by atoms with Crippen molar-refractivity contribution in [3.05, 3.63) is 59.9 Å². The standard InChI is InChI=1S/C17H19FNO/c1-13(2)11-19-15-8-9-17(16(18)10-15)20-12-14-6-4-3-5-7-14/h4-10,13,19H,11-12H2,1-2H3. The van der Waals surface area contributed by atoms with E-state index < -0.39 is 0 Å². The van der Waals surface area contributed by atoms with Gasteiger partial charge in [-0.3, -0.25) is 0 Å². The fourth-order valence-corrected chi connectivity index (χ4v) is 1.73. The van der Waals surface area contributed by atoms with Gasteiger partial charge in [0.25, 0.3) is 0 Å². The van der Waals surface area contributed by atoms with Crippen molar-refractivity contribution < 1.29 is 9.13 Å². The Morgan fingerprint density at radius 3 is 2.60 bits per heavy atom. The molecule has 105 valence electrons. The summed E-state index contributed by atoms with van der Waals surface area (Å²) in [7, 11) is 0. The van der Waals surface area contributed by atoms with Crippen LogP contribution < -0.4 is 10.1 Å². The number of benzene rings is 2. The molecule has 0 saturated heterocycles. The van der Waals surface area contributed by atoms with Crippen molar-refractivity contribution in [2.75, 3.05) is 11.9 Å². The highest BCUT2D eigenvalue weighted by atomic mass is 19.1. The van der Waals surface area contributed by atoms with Gasteiger partial charge in [0.2, 0.25) is 0 Å². The molecule has 0 fully saturated rings. The molecule has 2 rings (SSSR count). The number of ether oxygens (including phenoxy) is 1. The number of anilines is 1. The van der Waals surface area contributed by atoms with Crippen molar-refractivity contribution in [1.82, 2.24) is 0 Å². The van der Waals surface area contributed by atoms with E-state index in [1.807, 2.05) is 30.3 Å². The molecular weight excluding hydrogens is 253 g/mol. The van der Waals surface area contributed by atoms with Crippen molar-refractivity contribution >= 4 is 5.69 Å². The molecule has 2 aromatic carbocycles. The number of hydrogen-bond donors (Lipinski definition) is 1. The van der Waals surface area contributed by atoms with Crippen LogP contribution in [0.3, 0.4) is 0 Å². The zero-order valence-electron chi connectivity index (χ0n) is 11.8. The van der Waals surface area contributed by atoms with Crippen molar-refractivity contribution in [3.8, 4) is 5.75 Å².